The van der Waals surface area contributed by atoms with E-state index < -0.39 is 17.6 Å². The Kier molecular flexibility index (Phi) is 2.24. The van der Waals surface area contributed by atoms with Crippen LogP contribution in [-0.2, 0) is 4.79 Å². The first-order chi connectivity index (χ1) is 7.91. The van der Waals surface area contributed by atoms with E-state index >= 15 is 0 Å². The number of rotatable bonds is 2. The van der Waals surface area contributed by atoms with E-state index in [0.717, 1.165) is 12.8 Å². The molecule has 17 heavy (non-hydrogen) atoms. The van der Waals surface area contributed by atoms with E-state index in [1.165, 1.54) is 0 Å². The Bertz CT molecular complexity index is 351. The van der Waals surface area contributed by atoms with Gasteiger partial charge in [0.25, 0.3) is 0 Å². The van der Waals surface area contributed by atoms with Gasteiger partial charge in [0.15, 0.2) is 0 Å². The molecule has 3 nitrogen and oxygen atoms in total. The van der Waals surface area contributed by atoms with Gasteiger partial charge in [-0.2, -0.15) is 13.2 Å². The average Bonchev–Trinajstić information content (AvgIpc) is 2.74. The molecule has 3 atom stereocenters. The van der Waals surface area contributed by atoms with Crippen molar-refractivity contribution in [1.82, 2.24) is 10.6 Å². The molecule has 1 saturated carbocycles. The van der Waals surface area contributed by atoms with Crippen molar-refractivity contribution in [3.8, 4) is 0 Å². The van der Waals surface area contributed by atoms with Crippen LogP contribution < -0.4 is 10.6 Å². The van der Waals surface area contributed by atoms with Crippen molar-refractivity contribution >= 4 is 5.91 Å². The molecule has 0 aromatic rings. The SMILES string of the molecule is O=C(NC1(C(F)(F)F)CC1)C1CC2CCC1N2. The minimum Gasteiger partial charge on any atom is -0.342 e. The number of halogens is 3. The van der Waals surface area contributed by atoms with Crippen LogP contribution in [0.4, 0.5) is 13.2 Å². The zero-order valence-electron chi connectivity index (χ0n) is 9.31. The second-order valence-electron chi connectivity index (χ2n) is 5.46. The van der Waals surface area contributed by atoms with Crippen molar-refractivity contribution < 1.29 is 18.0 Å². The zero-order chi connectivity index (χ0) is 12.3. The number of alkyl halides is 3. The minimum atomic E-state index is -4.31. The molecule has 1 amide bonds. The predicted octanol–water partition coefficient (Wildman–Crippen LogP) is 1.34. The van der Waals surface area contributed by atoms with Gasteiger partial charge in [-0.1, -0.05) is 0 Å². The summed E-state index contributed by atoms with van der Waals surface area (Å²) < 4.78 is 38.1. The van der Waals surface area contributed by atoms with Gasteiger partial charge in [-0.15, -0.1) is 0 Å². The first-order valence-corrected chi connectivity index (χ1v) is 6.06. The Labute approximate surface area is 97.1 Å². The highest BCUT2D eigenvalue weighted by Gasteiger charge is 2.64. The van der Waals surface area contributed by atoms with Crippen LogP contribution in [0.15, 0.2) is 0 Å². The summed E-state index contributed by atoms with van der Waals surface area (Å²) in [5.41, 5.74) is -1.91. The molecule has 3 unspecified atom stereocenters. The molecule has 3 aliphatic rings. The Morgan fingerprint density at radius 2 is 2.00 bits per heavy atom. The summed E-state index contributed by atoms with van der Waals surface area (Å²) >= 11 is 0. The molecule has 0 radical (unpaired) electrons. The van der Waals surface area contributed by atoms with E-state index in [0.29, 0.717) is 12.5 Å². The van der Waals surface area contributed by atoms with Crippen molar-refractivity contribution in [2.45, 2.75) is 55.9 Å². The molecule has 0 aromatic carbocycles. The van der Waals surface area contributed by atoms with Crippen molar-refractivity contribution in [3.05, 3.63) is 0 Å². The molecule has 2 heterocycles. The second-order valence-corrected chi connectivity index (χ2v) is 5.46. The first-order valence-electron chi connectivity index (χ1n) is 6.06. The molecule has 6 heteroatoms. The number of carbonyl (C=O) groups excluding carboxylic acids is 1. The van der Waals surface area contributed by atoms with Crippen LogP contribution in [0, 0.1) is 5.92 Å². The van der Waals surface area contributed by atoms with Crippen LogP contribution in [0.2, 0.25) is 0 Å². The highest BCUT2D eigenvalue weighted by Crippen LogP contribution is 2.49. The lowest BCUT2D eigenvalue weighted by molar-refractivity contribution is -0.171. The van der Waals surface area contributed by atoms with E-state index in [2.05, 4.69) is 10.6 Å². The van der Waals surface area contributed by atoms with E-state index in [9.17, 15) is 18.0 Å². The maximum Gasteiger partial charge on any atom is 0.411 e. The van der Waals surface area contributed by atoms with Crippen molar-refractivity contribution in [1.29, 1.82) is 0 Å². The molecule has 96 valence electrons. The Morgan fingerprint density at radius 1 is 1.29 bits per heavy atom. The summed E-state index contributed by atoms with van der Waals surface area (Å²) in [5, 5.41) is 5.49. The largest absolute Gasteiger partial charge is 0.411 e. The van der Waals surface area contributed by atoms with Gasteiger partial charge in [-0.3, -0.25) is 4.79 Å². The lowest BCUT2D eigenvalue weighted by Gasteiger charge is -2.25. The fraction of sp³-hybridized carbons (Fsp3) is 0.909. The molecule has 3 rings (SSSR count). The maximum absolute atomic E-state index is 12.7. The molecule has 0 aromatic heterocycles. The van der Waals surface area contributed by atoms with E-state index in [1.54, 1.807) is 0 Å². The van der Waals surface area contributed by atoms with Crippen molar-refractivity contribution in [2.75, 3.05) is 0 Å². The highest BCUT2D eigenvalue weighted by molar-refractivity contribution is 5.81. The molecule has 2 bridgehead atoms. The summed E-state index contributed by atoms with van der Waals surface area (Å²) in [7, 11) is 0. The van der Waals surface area contributed by atoms with E-state index in [4.69, 9.17) is 0 Å². The van der Waals surface area contributed by atoms with E-state index in [1.807, 2.05) is 0 Å². The first kappa shape index (κ1) is 11.3. The van der Waals surface area contributed by atoms with Crippen LogP contribution in [0.3, 0.4) is 0 Å². The molecule has 2 aliphatic heterocycles. The van der Waals surface area contributed by atoms with Crippen LogP contribution in [-0.4, -0.2) is 29.7 Å². The van der Waals surface area contributed by atoms with Gasteiger partial charge in [0.2, 0.25) is 5.91 Å². The normalized spacial score (nSPS) is 38.2. The molecule has 3 fully saturated rings. The number of hydrogen-bond donors (Lipinski definition) is 2. The van der Waals surface area contributed by atoms with Crippen LogP contribution >= 0.6 is 0 Å². The van der Waals surface area contributed by atoms with Crippen LogP contribution in [0.25, 0.3) is 0 Å². The smallest absolute Gasteiger partial charge is 0.342 e. The molecular formula is C11H15F3N2O. The lowest BCUT2D eigenvalue weighted by atomic mass is 9.88. The second kappa shape index (κ2) is 3.37. The van der Waals surface area contributed by atoms with Crippen LogP contribution in [0.1, 0.15) is 32.1 Å². The minimum absolute atomic E-state index is 0.0243. The van der Waals surface area contributed by atoms with Crippen LogP contribution in [0.5, 0.6) is 0 Å². The third-order valence-corrected chi connectivity index (χ3v) is 4.29. The van der Waals surface area contributed by atoms with Crippen molar-refractivity contribution in [3.63, 3.8) is 0 Å². The number of carbonyl (C=O) groups is 1. The molecule has 2 N–H and O–H groups in total. The Morgan fingerprint density at radius 3 is 2.41 bits per heavy atom. The van der Waals surface area contributed by atoms with Gasteiger partial charge in [0, 0.05) is 12.1 Å². The summed E-state index contributed by atoms with van der Waals surface area (Å²) in [6, 6.07) is 0.417. The summed E-state index contributed by atoms with van der Waals surface area (Å²) in [4.78, 5) is 11.9. The van der Waals surface area contributed by atoms with Gasteiger partial charge in [-0.05, 0) is 32.1 Å². The lowest BCUT2D eigenvalue weighted by Crippen LogP contribution is -2.51. The summed E-state index contributed by atoms with van der Waals surface area (Å²) in [5.74, 6) is -0.687. The highest BCUT2D eigenvalue weighted by atomic mass is 19.4. The molecular weight excluding hydrogens is 233 g/mol. The number of nitrogens with one attached hydrogen (secondary N) is 2. The number of amides is 1. The molecule has 2 saturated heterocycles. The van der Waals surface area contributed by atoms with Gasteiger partial charge in [0.1, 0.15) is 5.54 Å². The summed E-state index contributed by atoms with van der Waals surface area (Å²) in [6.45, 7) is 0. The third-order valence-electron chi connectivity index (χ3n) is 4.29. The van der Waals surface area contributed by atoms with Gasteiger partial charge >= 0.3 is 6.18 Å². The third kappa shape index (κ3) is 1.73. The fourth-order valence-corrected chi connectivity index (χ4v) is 3.05. The average molecular weight is 248 g/mol. The predicted molar refractivity (Wildman–Crippen MR) is 54.2 cm³/mol. The van der Waals surface area contributed by atoms with Crippen molar-refractivity contribution in [2.24, 2.45) is 5.92 Å². The number of hydrogen-bond acceptors (Lipinski definition) is 2. The van der Waals surface area contributed by atoms with Gasteiger partial charge in [-0.25, -0.2) is 0 Å². The number of fused-ring (bicyclic) bond motifs is 2. The fourth-order valence-electron chi connectivity index (χ4n) is 3.05. The van der Waals surface area contributed by atoms with Gasteiger partial charge < -0.3 is 10.6 Å². The monoisotopic (exact) mass is 248 g/mol. The quantitative estimate of drug-likeness (QED) is 0.774. The standard InChI is InChI=1S/C11H15F3N2O/c12-11(13,14)10(3-4-10)16-9(17)7-5-6-1-2-8(7)15-6/h6-8,15H,1-5H2,(H,16,17). The Hall–Kier alpha value is -0.780. The maximum atomic E-state index is 12.7. The topological polar surface area (TPSA) is 41.1 Å². The summed E-state index contributed by atoms with van der Waals surface area (Å²) in [6.07, 6.45) is -1.63. The molecule has 0 spiro atoms. The Balaban J connectivity index is 1.65. The zero-order valence-corrected chi connectivity index (χ0v) is 9.31. The van der Waals surface area contributed by atoms with E-state index in [-0.39, 0.29) is 24.8 Å². The van der Waals surface area contributed by atoms with Gasteiger partial charge in [0.05, 0.1) is 5.92 Å². The molecule has 1 aliphatic carbocycles.